The molecule has 2 amide bonds. The topological polar surface area (TPSA) is 134 Å². The van der Waals surface area contributed by atoms with Crippen molar-refractivity contribution in [2.24, 2.45) is 5.73 Å². The molecule has 10 heteroatoms. The molecule has 5 N–H and O–H groups in total. The van der Waals surface area contributed by atoms with Crippen LogP contribution in [0.25, 0.3) is 0 Å². The number of ether oxygens (including phenoxy) is 3. The third kappa shape index (κ3) is 5.99. The molecule has 1 aromatic rings. The van der Waals surface area contributed by atoms with Gasteiger partial charge in [-0.2, -0.15) is 0 Å². The van der Waals surface area contributed by atoms with Crippen molar-refractivity contribution >= 4 is 34.1 Å². The molecule has 0 unspecified atom stereocenters. The summed E-state index contributed by atoms with van der Waals surface area (Å²) >= 11 is 0.972. The number of thiophene rings is 1. The summed E-state index contributed by atoms with van der Waals surface area (Å²) in [6.07, 6.45) is 2.22. The van der Waals surface area contributed by atoms with E-state index in [0.717, 1.165) is 30.8 Å². The fourth-order valence-corrected chi connectivity index (χ4v) is 3.84. The van der Waals surface area contributed by atoms with Crippen LogP contribution in [-0.2, 0) is 19.0 Å². The van der Waals surface area contributed by atoms with Gasteiger partial charge in [0.1, 0.15) is 24.3 Å². The fourth-order valence-electron chi connectivity index (χ4n) is 2.78. The van der Waals surface area contributed by atoms with E-state index in [2.05, 4.69) is 5.32 Å². The van der Waals surface area contributed by atoms with Gasteiger partial charge in [0.25, 0.3) is 11.8 Å². The SMILES string of the molecule is COCCOC(=O)c1c(NC(=O)C[NH2+]C[C@@H]2CCCO2)sc(C(N)=O)c1C. The molecular formula is C17H26N3O6S+. The minimum Gasteiger partial charge on any atom is -0.460 e. The monoisotopic (exact) mass is 400 g/mol. The number of nitrogens with two attached hydrogens (primary N) is 2. The maximum absolute atomic E-state index is 12.4. The van der Waals surface area contributed by atoms with E-state index in [1.165, 1.54) is 7.11 Å². The zero-order valence-corrected chi connectivity index (χ0v) is 16.4. The van der Waals surface area contributed by atoms with Gasteiger partial charge >= 0.3 is 5.97 Å². The summed E-state index contributed by atoms with van der Waals surface area (Å²) in [6, 6.07) is 0. The normalized spacial score (nSPS) is 16.3. The lowest BCUT2D eigenvalue weighted by molar-refractivity contribution is -0.649. The van der Waals surface area contributed by atoms with Crippen LogP contribution in [0.5, 0.6) is 0 Å². The van der Waals surface area contributed by atoms with Gasteiger partial charge in [0.2, 0.25) is 0 Å². The number of methoxy groups -OCH3 is 1. The largest absolute Gasteiger partial charge is 0.460 e. The first-order valence-electron chi connectivity index (χ1n) is 8.76. The third-order valence-corrected chi connectivity index (χ3v) is 5.35. The van der Waals surface area contributed by atoms with Crippen molar-refractivity contribution < 1.29 is 33.9 Å². The summed E-state index contributed by atoms with van der Waals surface area (Å²) in [5, 5.41) is 4.81. The number of carbonyl (C=O) groups is 3. The number of quaternary nitrogens is 1. The Kier molecular flexibility index (Phi) is 8.17. The standard InChI is InChI=1S/C17H25N3O6S/c1-10-13(17(23)26-7-6-24-2)16(27-14(10)15(18)22)20-12(21)9-19-8-11-4-3-5-25-11/h11,19H,3-9H2,1-2H3,(H2,18,22)(H,20,21)/p+1/t11-/m0/s1. The zero-order chi connectivity index (χ0) is 19.8. The van der Waals surface area contributed by atoms with Crippen LogP contribution >= 0.6 is 11.3 Å². The van der Waals surface area contributed by atoms with Gasteiger partial charge in [0.05, 0.1) is 17.0 Å². The molecule has 2 rings (SSSR count). The molecular weight excluding hydrogens is 374 g/mol. The van der Waals surface area contributed by atoms with Crippen LogP contribution in [0, 0.1) is 6.92 Å². The number of amides is 2. The first-order valence-corrected chi connectivity index (χ1v) is 9.58. The van der Waals surface area contributed by atoms with E-state index in [1.54, 1.807) is 6.92 Å². The Morgan fingerprint density at radius 3 is 2.78 bits per heavy atom. The average molecular weight is 400 g/mol. The van der Waals surface area contributed by atoms with Gasteiger partial charge < -0.3 is 30.6 Å². The molecule has 0 spiro atoms. The molecule has 1 fully saturated rings. The molecule has 1 saturated heterocycles. The van der Waals surface area contributed by atoms with Gasteiger partial charge in [-0.25, -0.2) is 4.79 Å². The Bertz CT molecular complexity index is 684. The molecule has 9 nitrogen and oxygen atoms in total. The number of rotatable bonds is 10. The van der Waals surface area contributed by atoms with Crippen molar-refractivity contribution in [1.82, 2.24) is 0 Å². The molecule has 1 atom stereocenters. The molecule has 1 aliphatic rings. The Balaban J connectivity index is 2.02. The highest BCUT2D eigenvalue weighted by Crippen LogP contribution is 2.33. The van der Waals surface area contributed by atoms with Crippen molar-refractivity contribution in [3.05, 3.63) is 16.0 Å². The lowest BCUT2D eigenvalue weighted by atomic mass is 10.1. The molecule has 1 aromatic heterocycles. The maximum atomic E-state index is 12.4. The lowest BCUT2D eigenvalue weighted by Gasteiger charge is -2.09. The van der Waals surface area contributed by atoms with Crippen LogP contribution in [0.1, 0.15) is 38.4 Å². The van der Waals surface area contributed by atoms with E-state index in [1.807, 2.05) is 5.32 Å². The number of anilines is 1. The summed E-state index contributed by atoms with van der Waals surface area (Å²) < 4.78 is 15.5. The second-order valence-electron chi connectivity index (χ2n) is 6.16. The van der Waals surface area contributed by atoms with Gasteiger partial charge in [-0.15, -0.1) is 11.3 Å². The number of primary amides is 1. The van der Waals surface area contributed by atoms with Gasteiger partial charge in [-0.3, -0.25) is 9.59 Å². The van der Waals surface area contributed by atoms with E-state index in [0.29, 0.717) is 12.1 Å². The molecule has 0 saturated carbocycles. The van der Waals surface area contributed by atoms with E-state index in [9.17, 15) is 14.4 Å². The highest BCUT2D eigenvalue weighted by Gasteiger charge is 2.26. The van der Waals surface area contributed by atoms with Gasteiger partial charge in [0.15, 0.2) is 6.54 Å². The number of nitrogens with one attached hydrogen (secondary N) is 1. The van der Waals surface area contributed by atoms with Crippen molar-refractivity contribution in [2.75, 3.05) is 45.3 Å². The second-order valence-corrected chi connectivity index (χ2v) is 7.19. The molecule has 0 aliphatic carbocycles. The zero-order valence-electron chi connectivity index (χ0n) is 15.5. The van der Waals surface area contributed by atoms with Crippen molar-refractivity contribution in [2.45, 2.75) is 25.9 Å². The number of hydrogen-bond acceptors (Lipinski definition) is 7. The predicted octanol–water partition coefficient (Wildman–Crippen LogP) is -0.360. The first-order chi connectivity index (χ1) is 12.9. The van der Waals surface area contributed by atoms with Gasteiger partial charge in [0, 0.05) is 13.7 Å². The highest BCUT2D eigenvalue weighted by molar-refractivity contribution is 7.18. The Morgan fingerprint density at radius 1 is 1.37 bits per heavy atom. The van der Waals surface area contributed by atoms with Crippen molar-refractivity contribution in [3.63, 3.8) is 0 Å². The smallest absolute Gasteiger partial charge is 0.341 e. The van der Waals surface area contributed by atoms with Gasteiger partial charge in [-0.05, 0) is 25.3 Å². The second kappa shape index (κ2) is 10.4. The average Bonchev–Trinajstić information content (AvgIpc) is 3.23. The van der Waals surface area contributed by atoms with E-state index in [-0.39, 0.29) is 47.2 Å². The Morgan fingerprint density at radius 2 is 2.15 bits per heavy atom. The summed E-state index contributed by atoms with van der Waals surface area (Å²) in [7, 11) is 1.49. The van der Waals surface area contributed by atoms with E-state index < -0.39 is 11.9 Å². The van der Waals surface area contributed by atoms with Crippen molar-refractivity contribution in [1.29, 1.82) is 0 Å². The highest BCUT2D eigenvalue weighted by atomic mass is 32.1. The molecule has 1 aliphatic heterocycles. The molecule has 0 radical (unpaired) electrons. The number of esters is 1. The summed E-state index contributed by atoms with van der Waals surface area (Å²) in [6.45, 7) is 3.57. The quantitative estimate of drug-likeness (QED) is 0.363. The van der Waals surface area contributed by atoms with Crippen LogP contribution in [0.15, 0.2) is 0 Å². The summed E-state index contributed by atoms with van der Waals surface area (Å²) in [5.41, 5.74) is 5.91. The van der Waals surface area contributed by atoms with Crippen LogP contribution in [0.3, 0.4) is 0 Å². The van der Waals surface area contributed by atoms with E-state index in [4.69, 9.17) is 19.9 Å². The van der Waals surface area contributed by atoms with Gasteiger partial charge in [-0.1, -0.05) is 0 Å². The molecule has 150 valence electrons. The van der Waals surface area contributed by atoms with Crippen LogP contribution in [0.2, 0.25) is 0 Å². The Labute approximate surface area is 161 Å². The van der Waals surface area contributed by atoms with E-state index >= 15 is 0 Å². The third-order valence-electron chi connectivity index (χ3n) is 4.13. The summed E-state index contributed by atoms with van der Waals surface area (Å²) in [4.78, 5) is 36.4. The number of hydrogen-bond donors (Lipinski definition) is 3. The summed E-state index contributed by atoms with van der Waals surface area (Å²) in [5.74, 6) is -1.57. The van der Waals surface area contributed by atoms with Crippen LogP contribution < -0.4 is 16.4 Å². The van der Waals surface area contributed by atoms with Crippen LogP contribution in [-0.4, -0.2) is 63.9 Å². The van der Waals surface area contributed by atoms with Crippen LogP contribution in [0.4, 0.5) is 5.00 Å². The molecule has 2 heterocycles. The Hall–Kier alpha value is -2.01. The number of carbonyl (C=O) groups excluding carboxylic acids is 3. The minimum absolute atomic E-state index is 0.0685. The minimum atomic E-state index is -0.658. The fraction of sp³-hybridized carbons (Fsp3) is 0.588. The first kappa shape index (κ1) is 21.3. The van der Waals surface area contributed by atoms with Crippen molar-refractivity contribution in [3.8, 4) is 0 Å². The molecule has 27 heavy (non-hydrogen) atoms. The molecule has 0 aromatic carbocycles. The predicted molar refractivity (Wildman–Crippen MR) is 99.0 cm³/mol. The maximum Gasteiger partial charge on any atom is 0.341 e. The molecule has 0 bridgehead atoms. The lowest BCUT2D eigenvalue weighted by Crippen LogP contribution is -2.88.